The molecule has 1 aliphatic carbocycles. The van der Waals surface area contributed by atoms with Crippen LogP contribution < -0.4 is 5.32 Å². The number of pyridine rings is 1. The van der Waals surface area contributed by atoms with E-state index in [2.05, 4.69) is 16.4 Å². The molecule has 0 unspecified atom stereocenters. The van der Waals surface area contributed by atoms with Gasteiger partial charge in [0.05, 0.1) is 5.52 Å². The fourth-order valence-electron chi connectivity index (χ4n) is 3.15. The summed E-state index contributed by atoms with van der Waals surface area (Å²) in [6, 6.07) is 9.58. The van der Waals surface area contributed by atoms with Crippen molar-refractivity contribution in [1.82, 2.24) is 10.3 Å². The number of nitrogens with one attached hydrogen (secondary N) is 1. The van der Waals surface area contributed by atoms with Gasteiger partial charge >= 0.3 is 5.97 Å². The van der Waals surface area contributed by atoms with E-state index < -0.39 is 5.97 Å². The van der Waals surface area contributed by atoms with E-state index in [1.54, 1.807) is 12.3 Å². The van der Waals surface area contributed by atoms with Gasteiger partial charge in [-0.05, 0) is 44.2 Å². The molecule has 1 aromatic heterocycles. The van der Waals surface area contributed by atoms with Crippen LogP contribution in [-0.2, 0) is 14.3 Å². The third kappa shape index (κ3) is 5.78. The molecule has 1 heterocycles. The third-order valence-electron chi connectivity index (χ3n) is 4.56. The van der Waals surface area contributed by atoms with Gasteiger partial charge in [0.25, 0.3) is 5.91 Å². The van der Waals surface area contributed by atoms with Crippen molar-refractivity contribution in [2.45, 2.75) is 32.1 Å². The van der Waals surface area contributed by atoms with Crippen molar-refractivity contribution in [3.8, 4) is 0 Å². The average molecular weight is 364 g/mol. The van der Waals surface area contributed by atoms with E-state index in [9.17, 15) is 9.59 Å². The SMILES string of the molecule is O=C(COC(=O)/C=C/c1cccc2cccnc12)NCCC1=CCCCC1. The predicted octanol–water partition coefficient (Wildman–Crippen LogP) is 3.80. The monoisotopic (exact) mass is 364 g/mol. The maximum Gasteiger partial charge on any atom is 0.331 e. The van der Waals surface area contributed by atoms with E-state index in [1.807, 2.05) is 30.3 Å². The van der Waals surface area contributed by atoms with Gasteiger partial charge in [0.1, 0.15) is 0 Å². The van der Waals surface area contributed by atoms with Crippen molar-refractivity contribution in [1.29, 1.82) is 0 Å². The van der Waals surface area contributed by atoms with E-state index in [0.29, 0.717) is 6.54 Å². The van der Waals surface area contributed by atoms with Gasteiger partial charge in [-0.15, -0.1) is 0 Å². The number of nitrogens with zero attached hydrogens (tertiary/aromatic N) is 1. The Labute approximate surface area is 159 Å². The van der Waals surface area contributed by atoms with Gasteiger partial charge in [-0.2, -0.15) is 0 Å². The van der Waals surface area contributed by atoms with Gasteiger partial charge in [-0.3, -0.25) is 9.78 Å². The number of amides is 1. The number of para-hydroxylation sites is 1. The van der Waals surface area contributed by atoms with Gasteiger partial charge < -0.3 is 10.1 Å². The molecular formula is C22H24N2O3. The summed E-state index contributed by atoms with van der Waals surface area (Å²) in [7, 11) is 0. The number of allylic oxidation sites excluding steroid dienone is 1. The molecule has 0 aliphatic heterocycles. The quantitative estimate of drug-likeness (QED) is 0.461. The second-order valence-electron chi connectivity index (χ2n) is 6.57. The Bertz CT molecular complexity index is 865. The van der Waals surface area contributed by atoms with Gasteiger partial charge in [0, 0.05) is 29.8 Å². The van der Waals surface area contributed by atoms with Crippen LogP contribution in [0.15, 0.2) is 54.3 Å². The largest absolute Gasteiger partial charge is 0.452 e. The van der Waals surface area contributed by atoms with Crippen molar-refractivity contribution >= 4 is 28.9 Å². The lowest BCUT2D eigenvalue weighted by Gasteiger charge is -2.12. The van der Waals surface area contributed by atoms with Crippen LogP contribution in [0.4, 0.5) is 0 Å². The van der Waals surface area contributed by atoms with Crippen LogP contribution in [0.1, 0.15) is 37.7 Å². The van der Waals surface area contributed by atoms with Crippen LogP contribution in [0.3, 0.4) is 0 Å². The molecule has 0 spiro atoms. The van der Waals surface area contributed by atoms with Gasteiger partial charge in [-0.25, -0.2) is 4.79 Å². The van der Waals surface area contributed by atoms with Crippen LogP contribution >= 0.6 is 0 Å². The highest BCUT2D eigenvalue weighted by molar-refractivity contribution is 5.93. The molecule has 1 N–H and O–H groups in total. The van der Waals surface area contributed by atoms with E-state index in [1.165, 1.54) is 24.5 Å². The Hall–Kier alpha value is -2.95. The molecule has 5 heteroatoms. The van der Waals surface area contributed by atoms with E-state index >= 15 is 0 Å². The number of ether oxygens (including phenoxy) is 1. The van der Waals surface area contributed by atoms with Crippen LogP contribution in [0.5, 0.6) is 0 Å². The highest BCUT2D eigenvalue weighted by Crippen LogP contribution is 2.19. The van der Waals surface area contributed by atoms with Crippen LogP contribution in [0, 0.1) is 0 Å². The number of carbonyl (C=O) groups is 2. The maximum atomic E-state index is 11.9. The number of hydrogen-bond donors (Lipinski definition) is 1. The Balaban J connectivity index is 1.43. The van der Waals surface area contributed by atoms with Crippen LogP contribution in [-0.4, -0.2) is 30.0 Å². The summed E-state index contributed by atoms with van der Waals surface area (Å²) < 4.78 is 5.01. The fraction of sp³-hybridized carbons (Fsp3) is 0.318. The van der Waals surface area contributed by atoms with Crippen molar-refractivity contribution in [3.63, 3.8) is 0 Å². The summed E-state index contributed by atoms with van der Waals surface area (Å²) in [5.74, 6) is -0.826. The van der Waals surface area contributed by atoms with Gasteiger partial charge in [0.15, 0.2) is 6.61 Å². The van der Waals surface area contributed by atoms with E-state index in [4.69, 9.17) is 4.74 Å². The molecule has 0 saturated heterocycles. The zero-order valence-corrected chi connectivity index (χ0v) is 15.3. The minimum absolute atomic E-state index is 0.268. The lowest BCUT2D eigenvalue weighted by atomic mass is 9.97. The van der Waals surface area contributed by atoms with Gasteiger partial charge in [0.2, 0.25) is 0 Å². The lowest BCUT2D eigenvalue weighted by molar-refractivity contribution is -0.143. The Morgan fingerprint density at radius 3 is 2.93 bits per heavy atom. The van der Waals surface area contributed by atoms with Crippen LogP contribution in [0.25, 0.3) is 17.0 Å². The minimum atomic E-state index is -0.548. The summed E-state index contributed by atoms with van der Waals surface area (Å²) in [6.07, 6.45) is 12.6. The predicted molar refractivity (Wildman–Crippen MR) is 106 cm³/mol. The zero-order valence-electron chi connectivity index (χ0n) is 15.3. The summed E-state index contributed by atoms with van der Waals surface area (Å²) in [6.45, 7) is 0.315. The van der Waals surface area contributed by atoms with Crippen molar-refractivity contribution < 1.29 is 14.3 Å². The molecule has 0 atom stereocenters. The number of carbonyl (C=O) groups excluding carboxylic acids is 2. The summed E-state index contributed by atoms with van der Waals surface area (Å²) in [5, 5.41) is 3.79. The normalized spacial score (nSPS) is 14.1. The number of aromatic nitrogens is 1. The molecule has 0 saturated carbocycles. The first-order valence-electron chi connectivity index (χ1n) is 9.35. The molecule has 1 aromatic carbocycles. The average Bonchev–Trinajstić information content (AvgIpc) is 2.71. The molecule has 3 rings (SSSR count). The Morgan fingerprint density at radius 2 is 2.07 bits per heavy atom. The molecule has 0 radical (unpaired) electrons. The van der Waals surface area contributed by atoms with Crippen molar-refractivity contribution in [2.75, 3.05) is 13.2 Å². The number of esters is 1. The standard InChI is InChI=1S/C22H24N2O3/c25-20(23-15-13-17-6-2-1-3-7-17)16-27-21(26)12-11-19-9-4-8-18-10-5-14-24-22(18)19/h4-6,8-12,14H,1-3,7,13,15-16H2,(H,23,25)/b12-11+. The maximum absolute atomic E-state index is 11.9. The Morgan fingerprint density at radius 1 is 1.19 bits per heavy atom. The molecule has 1 amide bonds. The second kappa shape index (κ2) is 9.67. The molecule has 140 valence electrons. The number of rotatable bonds is 7. The summed E-state index contributed by atoms with van der Waals surface area (Å²) >= 11 is 0. The van der Waals surface area contributed by atoms with Crippen molar-refractivity contribution in [3.05, 3.63) is 59.8 Å². The molecule has 0 fully saturated rings. The molecule has 0 bridgehead atoms. The van der Waals surface area contributed by atoms with E-state index in [0.717, 1.165) is 35.7 Å². The molecule has 1 aliphatic rings. The second-order valence-corrected chi connectivity index (χ2v) is 6.57. The minimum Gasteiger partial charge on any atom is -0.452 e. The van der Waals surface area contributed by atoms with Gasteiger partial charge in [-0.1, -0.05) is 35.9 Å². The topological polar surface area (TPSA) is 68.3 Å². The summed E-state index contributed by atoms with van der Waals surface area (Å²) in [4.78, 5) is 28.0. The Kier molecular flexibility index (Phi) is 6.74. The van der Waals surface area contributed by atoms with E-state index in [-0.39, 0.29) is 12.5 Å². The number of benzene rings is 1. The van der Waals surface area contributed by atoms with Crippen molar-refractivity contribution in [2.24, 2.45) is 0 Å². The first kappa shape index (κ1) is 18.8. The molecule has 5 nitrogen and oxygen atoms in total. The number of fused-ring (bicyclic) bond motifs is 1. The first-order chi connectivity index (χ1) is 13.2. The molecular weight excluding hydrogens is 340 g/mol. The summed E-state index contributed by atoms with van der Waals surface area (Å²) in [5.41, 5.74) is 3.05. The smallest absolute Gasteiger partial charge is 0.331 e. The lowest BCUT2D eigenvalue weighted by Crippen LogP contribution is -2.29. The van der Waals surface area contributed by atoms with Crippen LogP contribution in [0.2, 0.25) is 0 Å². The highest BCUT2D eigenvalue weighted by Gasteiger charge is 2.07. The third-order valence-corrected chi connectivity index (χ3v) is 4.56. The zero-order chi connectivity index (χ0) is 18.9. The molecule has 2 aromatic rings. The molecule has 27 heavy (non-hydrogen) atoms. The fourth-order valence-corrected chi connectivity index (χ4v) is 3.15. The highest BCUT2D eigenvalue weighted by atomic mass is 16.5. The number of hydrogen-bond acceptors (Lipinski definition) is 4. The first-order valence-corrected chi connectivity index (χ1v) is 9.35.